The van der Waals surface area contributed by atoms with Gasteiger partial charge in [-0.2, -0.15) is 0 Å². The van der Waals surface area contributed by atoms with E-state index in [1.165, 1.54) is 23.3 Å². The van der Waals surface area contributed by atoms with Gasteiger partial charge in [-0.3, -0.25) is 14.5 Å². The van der Waals surface area contributed by atoms with Gasteiger partial charge in [-0.05, 0) is 54.3 Å². The Balaban J connectivity index is 1.69. The number of hydrogen-bond acceptors (Lipinski definition) is 7. The number of carbonyl (C=O) groups is 2. The number of thiazole rings is 1. The van der Waals surface area contributed by atoms with Gasteiger partial charge in [0.05, 0.1) is 35.5 Å². The van der Waals surface area contributed by atoms with Crippen LogP contribution in [0, 0.1) is 0 Å². The van der Waals surface area contributed by atoms with Crippen LogP contribution in [0.15, 0.2) is 72.3 Å². The number of anilines is 1. The molecule has 38 heavy (non-hydrogen) atoms. The Morgan fingerprint density at radius 1 is 1.05 bits per heavy atom. The van der Waals surface area contributed by atoms with Crippen LogP contribution in [0.2, 0.25) is 0 Å². The molecule has 1 unspecified atom stereocenters. The number of aliphatic hydroxyl groups is 1. The molecule has 8 heteroatoms. The lowest BCUT2D eigenvalue weighted by Gasteiger charge is -2.23. The van der Waals surface area contributed by atoms with E-state index < -0.39 is 17.7 Å². The molecule has 1 aliphatic rings. The predicted octanol–water partition coefficient (Wildman–Crippen LogP) is 6.45. The van der Waals surface area contributed by atoms with Crippen LogP contribution in [0.5, 0.6) is 11.5 Å². The van der Waals surface area contributed by atoms with Crippen molar-refractivity contribution in [2.75, 3.05) is 18.6 Å². The van der Waals surface area contributed by atoms with E-state index in [-0.39, 0.29) is 11.3 Å². The van der Waals surface area contributed by atoms with Crippen molar-refractivity contribution in [3.63, 3.8) is 0 Å². The first-order chi connectivity index (χ1) is 18.3. The average Bonchev–Trinajstić information content (AvgIpc) is 3.46. The highest BCUT2D eigenvalue weighted by Gasteiger charge is 2.48. The van der Waals surface area contributed by atoms with E-state index in [9.17, 15) is 14.7 Å². The zero-order valence-corrected chi connectivity index (χ0v) is 22.4. The van der Waals surface area contributed by atoms with Gasteiger partial charge in [0.25, 0.3) is 5.78 Å². The third-order valence-corrected chi connectivity index (χ3v) is 7.59. The molecule has 1 saturated heterocycles. The van der Waals surface area contributed by atoms with Crippen LogP contribution in [0.3, 0.4) is 0 Å². The number of ketones is 1. The summed E-state index contributed by atoms with van der Waals surface area (Å²) in [5, 5.41) is 11.8. The Morgan fingerprint density at radius 3 is 2.50 bits per heavy atom. The maximum atomic E-state index is 13.5. The van der Waals surface area contributed by atoms with E-state index in [4.69, 9.17) is 9.47 Å². The molecule has 2 heterocycles. The van der Waals surface area contributed by atoms with E-state index in [1.807, 2.05) is 49.4 Å². The Kier molecular flexibility index (Phi) is 6.91. The molecular formula is C30H28N2O5S. The fourth-order valence-corrected chi connectivity index (χ4v) is 5.61. The lowest BCUT2D eigenvalue weighted by Crippen LogP contribution is -2.29. The van der Waals surface area contributed by atoms with Crippen LogP contribution in [0.4, 0.5) is 5.13 Å². The first-order valence-electron chi connectivity index (χ1n) is 12.4. The van der Waals surface area contributed by atoms with Crippen molar-refractivity contribution >= 4 is 44.1 Å². The zero-order valence-electron chi connectivity index (χ0n) is 21.6. The van der Waals surface area contributed by atoms with Crippen LogP contribution >= 0.6 is 11.3 Å². The quantitative estimate of drug-likeness (QED) is 0.168. The highest BCUT2D eigenvalue weighted by atomic mass is 32.1. The van der Waals surface area contributed by atoms with Gasteiger partial charge >= 0.3 is 5.91 Å². The summed E-state index contributed by atoms with van der Waals surface area (Å²) in [7, 11) is 1.53. The molecule has 0 aliphatic carbocycles. The molecule has 1 aliphatic heterocycles. The topological polar surface area (TPSA) is 89.0 Å². The second kappa shape index (κ2) is 10.3. The van der Waals surface area contributed by atoms with Crippen LogP contribution in [0.25, 0.3) is 16.0 Å². The highest BCUT2D eigenvalue weighted by molar-refractivity contribution is 7.22. The molecule has 1 amide bonds. The second-order valence-corrected chi connectivity index (χ2v) is 10.3. The Morgan fingerprint density at radius 2 is 1.82 bits per heavy atom. The number of rotatable bonds is 7. The maximum Gasteiger partial charge on any atom is 0.301 e. The van der Waals surface area contributed by atoms with Gasteiger partial charge in [-0.15, -0.1) is 0 Å². The van der Waals surface area contributed by atoms with Crippen molar-refractivity contribution < 1.29 is 24.2 Å². The van der Waals surface area contributed by atoms with Crippen LogP contribution < -0.4 is 14.4 Å². The van der Waals surface area contributed by atoms with E-state index in [0.29, 0.717) is 45.8 Å². The molecule has 3 aromatic carbocycles. The Labute approximate surface area is 225 Å². The molecule has 5 rings (SSSR count). The maximum absolute atomic E-state index is 13.5. The largest absolute Gasteiger partial charge is 0.507 e. The number of aliphatic hydroxyl groups excluding tert-OH is 1. The molecule has 0 spiro atoms. The fraction of sp³-hybridized carbons (Fsp3) is 0.233. The number of fused-ring (bicyclic) bond motifs is 1. The first kappa shape index (κ1) is 25.5. The van der Waals surface area contributed by atoms with Gasteiger partial charge in [-0.1, -0.05) is 61.6 Å². The molecule has 7 nitrogen and oxygen atoms in total. The van der Waals surface area contributed by atoms with E-state index >= 15 is 0 Å². The van der Waals surface area contributed by atoms with Crippen molar-refractivity contribution in [1.29, 1.82) is 0 Å². The van der Waals surface area contributed by atoms with Gasteiger partial charge in [-0.25, -0.2) is 4.98 Å². The standard InChI is InChI=1S/C30H28N2O5S/c1-5-37-22-13-14-23-24(16-22)38-30(31-23)32-26(19-11-9-18(10-12-19)17(2)3)25(28(34)29(32)35)27(33)20-7-6-8-21(15-20)36-4/h6-17,26,33H,5H2,1-4H3/b27-25+. The number of aromatic nitrogens is 1. The van der Waals surface area contributed by atoms with Crippen molar-refractivity contribution in [1.82, 2.24) is 4.98 Å². The summed E-state index contributed by atoms with van der Waals surface area (Å²) in [5.41, 5.74) is 2.91. The summed E-state index contributed by atoms with van der Waals surface area (Å²) < 4.78 is 11.7. The number of nitrogens with zero attached hydrogens (tertiary/aromatic N) is 2. The van der Waals surface area contributed by atoms with Gasteiger partial charge in [0, 0.05) is 5.56 Å². The van der Waals surface area contributed by atoms with Gasteiger partial charge in [0.1, 0.15) is 17.3 Å². The van der Waals surface area contributed by atoms with E-state index in [1.54, 1.807) is 24.3 Å². The number of methoxy groups -OCH3 is 1. The summed E-state index contributed by atoms with van der Waals surface area (Å²) in [6, 6.07) is 19.2. The molecule has 1 aromatic heterocycles. The van der Waals surface area contributed by atoms with Crippen molar-refractivity contribution in [2.45, 2.75) is 32.7 Å². The summed E-state index contributed by atoms with van der Waals surface area (Å²) in [5.74, 6) is -0.221. The van der Waals surface area contributed by atoms with Crippen molar-refractivity contribution in [3.05, 3.63) is 89.0 Å². The third kappa shape index (κ3) is 4.52. The first-order valence-corrected chi connectivity index (χ1v) is 13.2. The minimum absolute atomic E-state index is 0.00908. The summed E-state index contributed by atoms with van der Waals surface area (Å²) >= 11 is 1.30. The SMILES string of the molecule is CCOc1ccc2nc(N3C(=O)C(=O)/C(=C(/O)c4cccc(OC)c4)C3c3ccc(C(C)C)cc3)sc2c1. The average molecular weight is 529 g/mol. The van der Waals surface area contributed by atoms with Crippen molar-refractivity contribution in [2.24, 2.45) is 0 Å². The van der Waals surface area contributed by atoms with Crippen LogP contribution in [-0.4, -0.2) is 35.5 Å². The molecule has 0 bridgehead atoms. The molecular weight excluding hydrogens is 500 g/mol. The van der Waals surface area contributed by atoms with Gasteiger partial charge in [0.15, 0.2) is 5.13 Å². The predicted molar refractivity (Wildman–Crippen MR) is 149 cm³/mol. The van der Waals surface area contributed by atoms with Gasteiger partial charge in [0.2, 0.25) is 0 Å². The molecule has 4 aromatic rings. The van der Waals surface area contributed by atoms with E-state index in [2.05, 4.69) is 18.8 Å². The molecule has 1 fully saturated rings. The summed E-state index contributed by atoms with van der Waals surface area (Å²) in [4.78, 5) is 33.1. The van der Waals surface area contributed by atoms with Gasteiger partial charge < -0.3 is 14.6 Å². The minimum atomic E-state index is -0.852. The summed E-state index contributed by atoms with van der Waals surface area (Å²) in [6.07, 6.45) is 0. The number of carbonyl (C=O) groups excluding carboxylic acids is 2. The van der Waals surface area contributed by atoms with Crippen molar-refractivity contribution in [3.8, 4) is 11.5 Å². The number of ether oxygens (including phenoxy) is 2. The number of benzene rings is 3. The highest BCUT2D eigenvalue weighted by Crippen LogP contribution is 2.45. The monoisotopic (exact) mass is 528 g/mol. The number of hydrogen-bond donors (Lipinski definition) is 1. The number of Topliss-reactive ketones (excluding diaryl/α,β-unsaturated/α-hetero) is 1. The zero-order chi connectivity index (χ0) is 27.0. The lowest BCUT2D eigenvalue weighted by molar-refractivity contribution is -0.132. The summed E-state index contributed by atoms with van der Waals surface area (Å²) in [6.45, 7) is 6.64. The Hall–Kier alpha value is -4.17. The van der Waals surface area contributed by atoms with E-state index in [0.717, 1.165) is 10.3 Å². The molecule has 194 valence electrons. The Bertz CT molecular complexity index is 1550. The molecule has 0 radical (unpaired) electrons. The minimum Gasteiger partial charge on any atom is -0.507 e. The fourth-order valence-electron chi connectivity index (χ4n) is 4.59. The van der Waals surface area contributed by atoms with Crippen LogP contribution in [-0.2, 0) is 9.59 Å². The third-order valence-electron chi connectivity index (χ3n) is 6.57. The molecule has 1 N–H and O–H groups in total. The van der Waals surface area contributed by atoms with Crippen LogP contribution in [0.1, 0.15) is 49.4 Å². The molecule has 0 saturated carbocycles. The number of amides is 1. The lowest BCUT2D eigenvalue weighted by atomic mass is 9.93. The smallest absolute Gasteiger partial charge is 0.301 e. The second-order valence-electron chi connectivity index (χ2n) is 9.28. The molecule has 1 atom stereocenters. The normalized spacial score (nSPS) is 17.0.